The zero-order valence-electron chi connectivity index (χ0n) is 7.70. The number of ether oxygens (including phenoxy) is 1. The highest BCUT2D eigenvalue weighted by molar-refractivity contribution is 5.94. The van der Waals surface area contributed by atoms with Crippen LogP contribution in [-0.4, -0.2) is 12.6 Å². The summed E-state index contributed by atoms with van der Waals surface area (Å²) in [7, 11) is 0. The van der Waals surface area contributed by atoms with E-state index in [-0.39, 0.29) is 12.2 Å². The van der Waals surface area contributed by atoms with Gasteiger partial charge in [-0.05, 0) is 31.7 Å². The smallest absolute Gasteiger partial charge is 0.349 e. The number of esters is 1. The molecule has 2 N–H and O–H groups in total. The van der Waals surface area contributed by atoms with Crippen LogP contribution in [0.25, 0.3) is 0 Å². The maximum absolute atomic E-state index is 11.1. The first kappa shape index (κ1) is 11.2. The van der Waals surface area contributed by atoms with Gasteiger partial charge in [0.2, 0.25) is 0 Å². The van der Waals surface area contributed by atoms with Crippen molar-refractivity contribution in [2.75, 3.05) is 6.61 Å². The predicted molar refractivity (Wildman–Crippen MR) is 48.3 cm³/mol. The fourth-order valence-corrected chi connectivity index (χ4v) is 0.726. The summed E-state index contributed by atoms with van der Waals surface area (Å²) in [6.45, 7) is 3.56. The first-order valence-corrected chi connectivity index (χ1v) is 3.83. The summed E-state index contributed by atoms with van der Waals surface area (Å²) in [6, 6.07) is 1.77. The molecule has 0 saturated heterocycles. The van der Waals surface area contributed by atoms with Crippen LogP contribution in [0.4, 0.5) is 0 Å². The highest BCUT2D eigenvalue weighted by Gasteiger charge is 2.11. The summed E-state index contributed by atoms with van der Waals surface area (Å²) in [5, 5.41) is 8.64. The summed E-state index contributed by atoms with van der Waals surface area (Å²) < 4.78 is 4.67. The quantitative estimate of drug-likeness (QED) is 0.302. The Kier molecular flexibility index (Phi) is 5.05. The molecule has 0 aromatic rings. The van der Waals surface area contributed by atoms with Gasteiger partial charge in [-0.3, -0.25) is 0 Å². The number of nitriles is 1. The molecule has 0 aromatic heterocycles. The number of carbonyl (C=O) groups is 1. The number of hydrogen-bond acceptors (Lipinski definition) is 4. The van der Waals surface area contributed by atoms with Crippen LogP contribution in [0.2, 0.25) is 0 Å². The van der Waals surface area contributed by atoms with Gasteiger partial charge in [-0.25, -0.2) is 4.79 Å². The molecule has 0 amide bonds. The Hall–Kier alpha value is -1.76. The number of allylic oxidation sites excluding steroid dienone is 2. The van der Waals surface area contributed by atoms with E-state index in [9.17, 15) is 4.79 Å². The zero-order chi connectivity index (χ0) is 10.3. The van der Waals surface area contributed by atoms with Crippen molar-refractivity contribution in [3.63, 3.8) is 0 Å². The molecule has 4 nitrogen and oxygen atoms in total. The molecule has 0 rings (SSSR count). The van der Waals surface area contributed by atoms with Gasteiger partial charge in [0.05, 0.1) is 6.61 Å². The van der Waals surface area contributed by atoms with E-state index in [0.717, 1.165) is 0 Å². The summed E-state index contributed by atoms with van der Waals surface area (Å²) in [5.74, 6) is -0.611. The van der Waals surface area contributed by atoms with Crippen LogP contribution in [0.15, 0.2) is 23.4 Å². The van der Waals surface area contributed by atoms with E-state index in [2.05, 4.69) is 4.74 Å². The van der Waals surface area contributed by atoms with Gasteiger partial charge in [0.25, 0.3) is 0 Å². The Morgan fingerprint density at radius 2 is 2.31 bits per heavy atom. The van der Waals surface area contributed by atoms with Crippen molar-refractivity contribution in [1.82, 2.24) is 0 Å². The van der Waals surface area contributed by atoms with Gasteiger partial charge in [-0.2, -0.15) is 5.26 Å². The second-order valence-corrected chi connectivity index (χ2v) is 2.25. The molecule has 0 fully saturated rings. The first-order chi connectivity index (χ1) is 6.17. The van der Waals surface area contributed by atoms with Crippen molar-refractivity contribution in [3.05, 3.63) is 23.4 Å². The minimum Gasteiger partial charge on any atom is -0.462 e. The number of rotatable bonds is 3. The Labute approximate surface area is 77.3 Å². The van der Waals surface area contributed by atoms with E-state index in [1.807, 2.05) is 0 Å². The van der Waals surface area contributed by atoms with Gasteiger partial charge in [0, 0.05) is 0 Å². The van der Waals surface area contributed by atoms with Crippen molar-refractivity contribution in [3.8, 4) is 6.07 Å². The molecule has 0 spiro atoms. The molecule has 0 radical (unpaired) electrons. The van der Waals surface area contributed by atoms with Gasteiger partial charge >= 0.3 is 5.97 Å². The molecule has 0 atom stereocenters. The van der Waals surface area contributed by atoms with Crippen molar-refractivity contribution in [2.45, 2.75) is 13.8 Å². The molecular weight excluding hydrogens is 168 g/mol. The molecular formula is C9H12N2O2. The van der Waals surface area contributed by atoms with Gasteiger partial charge in [0.1, 0.15) is 11.6 Å². The second kappa shape index (κ2) is 5.84. The third kappa shape index (κ3) is 3.43. The molecule has 0 aliphatic rings. The second-order valence-electron chi connectivity index (χ2n) is 2.25. The van der Waals surface area contributed by atoms with Gasteiger partial charge in [-0.1, -0.05) is 0 Å². The highest BCUT2D eigenvalue weighted by atomic mass is 16.5. The molecule has 13 heavy (non-hydrogen) atoms. The van der Waals surface area contributed by atoms with Crippen molar-refractivity contribution >= 4 is 5.97 Å². The van der Waals surface area contributed by atoms with E-state index in [4.69, 9.17) is 11.0 Å². The van der Waals surface area contributed by atoms with Crippen LogP contribution in [0.5, 0.6) is 0 Å². The predicted octanol–water partition coefficient (Wildman–Crippen LogP) is 0.862. The van der Waals surface area contributed by atoms with Gasteiger partial charge in [0.15, 0.2) is 0 Å². The fourth-order valence-electron chi connectivity index (χ4n) is 0.726. The lowest BCUT2D eigenvalue weighted by molar-refractivity contribution is -0.138. The molecule has 0 aromatic carbocycles. The van der Waals surface area contributed by atoms with Gasteiger partial charge in [-0.15, -0.1) is 0 Å². The van der Waals surface area contributed by atoms with Crippen LogP contribution < -0.4 is 5.73 Å². The van der Waals surface area contributed by atoms with Gasteiger partial charge < -0.3 is 10.5 Å². The molecule has 0 unspecified atom stereocenters. The van der Waals surface area contributed by atoms with E-state index in [1.54, 1.807) is 19.9 Å². The minimum atomic E-state index is -0.611. The monoisotopic (exact) mass is 180 g/mol. The van der Waals surface area contributed by atoms with Crippen molar-refractivity contribution in [1.29, 1.82) is 5.26 Å². The summed E-state index contributed by atoms with van der Waals surface area (Å²) in [5.41, 5.74) is 5.61. The molecule has 0 bridgehead atoms. The largest absolute Gasteiger partial charge is 0.462 e. The van der Waals surface area contributed by atoms with E-state index in [1.165, 1.54) is 12.3 Å². The Morgan fingerprint density at radius 3 is 2.69 bits per heavy atom. The summed E-state index contributed by atoms with van der Waals surface area (Å²) in [6.07, 6.45) is 2.75. The normalized spacial score (nSPS) is 12.1. The lowest BCUT2D eigenvalue weighted by Crippen LogP contribution is -2.07. The maximum atomic E-state index is 11.1. The van der Waals surface area contributed by atoms with Crippen LogP contribution >= 0.6 is 0 Å². The maximum Gasteiger partial charge on any atom is 0.349 e. The minimum absolute atomic E-state index is 0.0106. The van der Waals surface area contributed by atoms with Crippen LogP contribution in [0.3, 0.4) is 0 Å². The third-order valence-electron chi connectivity index (χ3n) is 1.33. The average Bonchev–Trinajstić information content (AvgIpc) is 2.06. The summed E-state index contributed by atoms with van der Waals surface area (Å²) in [4.78, 5) is 11.1. The lowest BCUT2D eigenvalue weighted by Gasteiger charge is -2.00. The molecule has 0 saturated carbocycles. The Balaban J connectivity index is 4.79. The average molecular weight is 180 g/mol. The van der Waals surface area contributed by atoms with E-state index in [0.29, 0.717) is 5.57 Å². The van der Waals surface area contributed by atoms with Crippen molar-refractivity contribution < 1.29 is 9.53 Å². The lowest BCUT2D eigenvalue weighted by atomic mass is 10.1. The molecule has 0 heterocycles. The molecule has 0 aliphatic carbocycles. The third-order valence-corrected chi connectivity index (χ3v) is 1.33. The number of nitrogens with two attached hydrogens (primary N) is 1. The van der Waals surface area contributed by atoms with E-state index < -0.39 is 5.97 Å². The molecule has 70 valence electrons. The highest BCUT2D eigenvalue weighted by Crippen LogP contribution is 2.06. The number of hydrogen-bond donors (Lipinski definition) is 1. The first-order valence-electron chi connectivity index (χ1n) is 3.83. The Morgan fingerprint density at radius 1 is 1.69 bits per heavy atom. The fraction of sp³-hybridized carbons (Fsp3) is 0.333. The summed E-state index contributed by atoms with van der Waals surface area (Å²) >= 11 is 0. The van der Waals surface area contributed by atoms with Crippen molar-refractivity contribution in [2.24, 2.45) is 5.73 Å². The molecule has 0 aliphatic heterocycles. The van der Waals surface area contributed by atoms with Crippen LogP contribution in [0.1, 0.15) is 13.8 Å². The Bertz CT molecular complexity index is 284. The standard InChI is InChI=1S/C9H12N2O2/c1-3-13-9(12)8(6-11)7(2)4-5-10/h4-5H,3,10H2,1-2H3/b5-4+,8-7-. The number of carbonyl (C=O) groups excluding carboxylic acids is 1. The van der Waals surface area contributed by atoms with Crippen LogP contribution in [-0.2, 0) is 9.53 Å². The number of nitrogens with zero attached hydrogens (tertiary/aromatic N) is 1. The topological polar surface area (TPSA) is 76.1 Å². The van der Waals surface area contributed by atoms with Crippen LogP contribution in [0, 0.1) is 11.3 Å². The SMILES string of the molecule is CCOC(=O)/C(C#N)=C(C)\C=C\N. The van der Waals surface area contributed by atoms with E-state index >= 15 is 0 Å². The zero-order valence-corrected chi connectivity index (χ0v) is 7.70. The molecule has 4 heteroatoms.